The Hall–Kier alpha value is -0.940. The van der Waals surface area contributed by atoms with Crippen molar-refractivity contribution < 1.29 is 5.11 Å². The van der Waals surface area contributed by atoms with Crippen molar-refractivity contribution in [1.29, 1.82) is 0 Å². The van der Waals surface area contributed by atoms with Gasteiger partial charge >= 0.3 is 0 Å². The first-order valence-corrected chi connectivity index (χ1v) is 7.96. The highest BCUT2D eigenvalue weighted by molar-refractivity contribution is 5.02. The van der Waals surface area contributed by atoms with E-state index in [1.54, 1.807) is 0 Å². The standard InChI is InChI=1S/C15H26N4O/c1-11(2)18-7-3-4-12(9-18)8-15-17-16-14-6-5-13(20)10-19(14)15/h11-13,20H,3-10H2,1-2H3. The number of hydrogen-bond donors (Lipinski definition) is 1. The minimum absolute atomic E-state index is 0.226. The molecule has 3 rings (SSSR count). The summed E-state index contributed by atoms with van der Waals surface area (Å²) in [6.45, 7) is 7.63. The minimum Gasteiger partial charge on any atom is -0.391 e. The second-order valence-electron chi connectivity index (χ2n) is 6.64. The minimum atomic E-state index is -0.226. The van der Waals surface area contributed by atoms with Gasteiger partial charge in [-0.25, -0.2) is 0 Å². The zero-order chi connectivity index (χ0) is 14.1. The third kappa shape index (κ3) is 2.88. The number of piperidine rings is 1. The van der Waals surface area contributed by atoms with Crippen molar-refractivity contribution in [3.05, 3.63) is 11.6 Å². The molecule has 0 saturated carbocycles. The van der Waals surface area contributed by atoms with Crippen LogP contribution >= 0.6 is 0 Å². The molecule has 5 heteroatoms. The van der Waals surface area contributed by atoms with Gasteiger partial charge in [0.1, 0.15) is 11.6 Å². The van der Waals surface area contributed by atoms with Crippen LogP contribution in [0.3, 0.4) is 0 Å². The topological polar surface area (TPSA) is 54.2 Å². The lowest BCUT2D eigenvalue weighted by atomic mass is 9.93. The molecule has 0 aliphatic carbocycles. The van der Waals surface area contributed by atoms with Crippen LogP contribution in [0.1, 0.15) is 44.8 Å². The summed E-state index contributed by atoms with van der Waals surface area (Å²) in [5, 5.41) is 18.5. The SMILES string of the molecule is CC(C)N1CCCC(Cc2nnc3n2CC(O)CC3)C1. The lowest BCUT2D eigenvalue weighted by molar-refractivity contribution is 0.124. The van der Waals surface area contributed by atoms with E-state index in [0.29, 0.717) is 18.5 Å². The smallest absolute Gasteiger partial charge is 0.133 e. The van der Waals surface area contributed by atoms with Crippen molar-refractivity contribution >= 4 is 0 Å². The number of nitrogens with zero attached hydrogens (tertiary/aromatic N) is 4. The Morgan fingerprint density at radius 3 is 2.90 bits per heavy atom. The van der Waals surface area contributed by atoms with Crippen molar-refractivity contribution in [3.8, 4) is 0 Å². The van der Waals surface area contributed by atoms with Gasteiger partial charge in [0, 0.05) is 25.4 Å². The van der Waals surface area contributed by atoms with Crippen LogP contribution in [0.2, 0.25) is 0 Å². The Labute approximate surface area is 121 Å². The van der Waals surface area contributed by atoms with Crippen molar-refractivity contribution in [3.63, 3.8) is 0 Å². The molecule has 2 aliphatic heterocycles. The quantitative estimate of drug-likeness (QED) is 0.904. The van der Waals surface area contributed by atoms with Crippen LogP contribution in [0, 0.1) is 5.92 Å². The summed E-state index contributed by atoms with van der Waals surface area (Å²) in [5.74, 6) is 2.81. The van der Waals surface area contributed by atoms with E-state index in [1.807, 2.05) is 0 Å². The second kappa shape index (κ2) is 5.82. The summed E-state index contributed by atoms with van der Waals surface area (Å²) in [5.41, 5.74) is 0. The van der Waals surface area contributed by atoms with Crippen molar-refractivity contribution in [2.45, 2.75) is 64.6 Å². The lowest BCUT2D eigenvalue weighted by Gasteiger charge is -2.35. The van der Waals surface area contributed by atoms with Crippen molar-refractivity contribution in [2.24, 2.45) is 5.92 Å². The number of aromatic nitrogens is 3. The van der Waals surface area contributed by atoms with E-state index in [4.69, 9.17) is 0 Å². The van der Waals surface area contributed by atoms with Gasteiger partial charge in [0.2, 0.25) is 0 Å². The molecule has 0 aromatic carbocycles. The Bertz CT molecular complexity index is 457. The largest absolute Gasteiger partial charge is 0.391 e. The number of rotatable bonds is 3. The molecular weight excluding hydrogens is 252 g/mol. The molecule has 1 aromatic rings. The average molecular weight is 278 g/mol. The highest BCUT2D eigenvalue weighted by atomic mass is 16.3. The van der Waals surface area contributed by atoms with Crippen LogP contribution in [0.4, 0.5) is 0 Å². The molecule has 2 aliphatic rings. The summed E-state index contributed by atoms with van der Waals surface area (Å²) < 4.78 is 2.16. The highest BCUT2D eigenvalue weighted by Gasteiger charge is 2.26. The summed E-state index contributed by atoms with van der Waals surface area (Å²) >= 11 is 0. The number of aryl methyl sites for hydroxylation is 1. The molecule has 0 radical (unpaired) electrons. The molecule has 112 valence electrons. The summed E-state index contributed by atoms with van der Waals surface area (Å²) in [6, 6.07) is 0.631. The molecule has 1 saturated heterocycles. The van der Waals surface area contributed by atoms with Crippen LogP contribution in [0.5, 0.6) is 0 Å². The van der Waals surface area contributed by atoms with E-state index in [-0.39, 0.29) is 6.10 Å². The third-order valence-corrected chi connectivity index (χ3v) is 4.75. The number of aliphatic hydroxyl groups is 1. The Morgan fingerprint density at radius 1 is 1.25 bits per heavy atom. The van der Waals surface area contributed by atoms with Gasteiger partial charge in [-0.15, -0.1) is 10.2 Å². The maximum absolute atomic E-state index is 9.83. The Balaban J connectivity index is 1.67. The molecule has 2 atom stereocenters. The first-order valence-electron chi connectivity index (χ1n) is 7.96. The number of likely N-dealkylation sites (tertiary alicyclic amines) is 1. The van der Waals surface area contributed by atoms with Crippen molar-refractivity contribution in [2.75, 3.05) is 13.1 Å². The summed E-state index contributed by atoms with van der Waals surface area (Å²) in [7, 11) is 0. The maximum Gasteiger partial charge on any atom is 0.133 e. The number of aliphatic hydroxyl groups excluding tert-OH is 1. The number of hydrogen-bond acceptors (Lipinski definition) is 4. The fraction of sp³-hybridized carbons (Fsp3) is 0.867. The van der Waals surface area contributed by atoms with Gasteiger partial charge in [0.15, 0.2) is 0 Å². The molecule has 3 heterocycles. The van der Waals surface area contributed by atoms with Crippen LogP contribution < -0.4 is 0 Å². The van der Waals surface area contributed by atoms with Crippen LogP contribution in [-0.4, -0.2) is 50.0 Å². The molecule has 2 unspecified atom stereocenters. The first kappa shape index (κ1) is 14.0. The van der Waals surface area contributed by atoms with Crippen LogP contribution in [-0.2, 0) is 19.4 Å². The van der Waals surface area contributed by atoms with E-state index in [0.717, 1.165) is 30.9 Å². The van der Waals surface area contributed by atoms with E-state index >= 15 is 0 Å². The molecule has 20 heavy (non-hydrogen) atoms. The predicted octanol–water partition coefficient (Wildman–Crippen LogP) is 1.25. The molecular formula is C15H26N4O. The van der Waals surface area contributed by atoms with E-state index in [2.05, 4.69) is 33.5 Å². The second-order valence-corrected chi connectivity index (χ2v) is 6.64. The van der Waals surface area contributed by atoms with Gasteiger partial charge in [0.25, 0.3) is 0 Å². The van der Waals surface area contributed by atoms with Crippen molar-refractivity contribution in [1.82, 2.24) is 19.7 Å². The molecule has 0 bridgehead atoms. The molecule has 1 N–H and O–H groups in total. The fourth-order valence-corrected chi connectivity index (χ4v) is 3.51. The maximum atomic E-state index is 9.83. The van der Waals surface area contributed by atoms with Gasteiger partial charge in [0.05, 0.1) is 12.6 Å². The van der Waals surface area contributed by atoms with E-state index in [9.17, 15) is 5.11 Å². The monoisotopic (exact) mass is 278 g/mol. The Morgan fingerprint density at radius 2 is 2.10 bits per heavy atom. The van der Waals surface area contributed by atoms with Gasteiger partial charge in [-0.2, -0.15) is 0 Å². The predicted molar refractivity (Wildman–Crippen MR) is 77.5 cm³/mol. The molecule has 1 fully saturated rings. The molecule has 5 nitrogen and oxygen atoms in total. The Kier molecular flexibility index (Phi) is 4.08. The average Bonchev–Trinajstić information content (AvgIpc) is 2.82. The van der Waals surface area contributed by atoms with E-state index < -0.39 is 0 Å². The zero-order valence-electron chi connectivity index (χ0n) is 12.6. The highest BCUT2D eigenvalue weighted by Crippen LogP contribution is 2.23. The fourth-order valence-electron chi connectivity index (χ4n) is 3.51. The molecule has 1 aromatic heterocycles. The summed E-state index contributed by atoms with van der Waals surface area (Å²) in [4.78, 5) is 2.57. The lowest BCUT2D eigenvalue weighted by Crippen LogP contribution is -2.40. The van der Waals surface area contributed by atoms with E-state index in [1.165, 1.54) is 25.9 Å². The van der Waals surface area contributed by atoms with Gasteiger partial charge < -0.3 is 14.6 Å². The first-order chi connectivity index (χ1) is 9.63. The van der Waals surface area contributed by atoms with Gasteiger partial charge in [-0.3, -0.25) is 0 Å². The molecule has 0 spiro atoms. The third-order valence-electron chi connectivity index (χ3n) is 4.75. The van der Waals surface area contributed by atoms with Gasteiger partial charge in [-0.05, 0) is 45.6 Å². The number of fused-ring (bicyclic) bond motifs is 1. The normalized spacial score (nSPS) is 27.8. The summed E-state index contributed by atoms with van der Waals surface area (Å²) in [6.07, 6.45) is 5.03. The zero-order valence-corrected chi connectivity index (χ0v) is 12.6. The van der Waals surface area contributed by atoms with Gasteiger partial charge in [-0.1, -0.05) is 0 Å². The van der Waals surface area contributed by atoms with Crippen LogP contribution in [0.15, 0.2) is 0 Å². The molecule has 0 amide bonds. The van der Waals surface area contributed by atoms with Crippen LogP contribution in [0.25, 0.3) is 0 Å².